The lowest BCUT2D eigenvalue weighted by Gasteiger charge is -2.22. The van der Waals surface area contributed by atoms with E-state index in [1.54, 1.807) is 19.2 Å². The van der Waals surface area contributed by atoms with Gasteiger partial charge < -0.3 is 19.7 Å². The molecular weight excluding hydrogens is 493 g/mol. The van der Waals surface area contributed by atoms with Gasteiger partial charge in [0.15, 0.2) is 5.96 Å². The van der Waals surface area contributed by atoms with Crippen LogP contribution in [0.2, 0.25) is 5.02 Å². The van der Waals surface area contributed by atoms with Gasteiger partial charge in [-0.15, -0.1) is 24.0 Å². The third kappa shape index (κ3) is 11.8. The highest BCUT2D eigenvalue weighted by molar-refractivity contribution is 14.0. The van der Waals surface area contributed by atoms with Crippen molar-refractivity contribution in [2.45, 2.75) is 0 Å². The van der Waals surface area contributed by atoms with E-state index in [9.17, 15) is 8.42 Å². The van der Waals surface area contributed by atoms with E-state index in [0.29, 0.717) is 37.3 Å². The quantitative estimate of drug-likeness (QED) is 0.220. The summed E-state index contributed by atoms with van der Waals surface area (Å²) < 4.78 is 32.9. The summed E-state index contributed by atoms with van der Waals surface area (Å²) in [6, 6.07) is 7.26. The zero-order chi connectivity index (χ0) is 18.7. The number of halogens is 2. The summed E-state index contributed by atoms with van der Waals surface area (Å²) in [5.74, 6) is 1.46. The second-order valence-corrected chi connectivity index (χ2v) is 8.14. The summed E-state index contributed by atoms with van der Waals surface area (Å²) in [5, 5.41) is 3.79. The Hall–Kier alpha value is -0.780. The number of hydrogen-bond acceptors (Lipinski definition) is 5. The summed E-state index contributed by atoms with van der Waals surface area (Å²) in [5.41, 5.74) is 0. The molecule has 1 aromatic carbocycles. The van der Waals surface area contributed by atoms with Gasteiger partial charge in [-0.25, -0.2) is 8.42 Å². The van der Waals surface area contributed by atoms with Crippen LogP contribution >= 0.6 is 35.6 Å². The fourth-order valence-corrected chi connectivity index (χ4v) is 2.50. The van der Waals surface area contributed by atoms with Crippen LogP contribution in [0.3, 0.4) is 0 Å². The molecule has 0 aliphatic carbocycles. The van der Waals surface area contributed by atoms with Gasteiger partial charge in [0.2, 0.25) is 0 Å². The van der Waals surface area contributed by atoms with Crippen molar-refractivity contribution in [3.8, 4) is 5.75 Å². The zero-order valence-corrected chi connectivity index (χ0v) is 19.2. The van der Waals surface area contributed by atoms with Crippen molar-refractivity contribution >= 4 is 51.4 Å². The molecule has 0 amide bonds. The Morgan fingerprint density at radius 1 is 1.31 bits per heavy atom. The predicted octanol–water partition coefficient (Wildman–Crippen LogP) is 1.91. The Bertz CT molecular complexity index is 659. The standard InChI is InChI=1S/C16H26ClN3O4S.HI/c1-18-16(19-7-9-23-11-12-25(3,21)22)20(2)8-10-24-15-6-4-5-14(17)13-15;/h4-6,13H,7-12H2,1-3H3,(H,18,19);1H. The minimum absolute atomic E-state index is 0. The molecule has 0 atom stereocenters. The average Bonchev–Trinajstić information content (AvgIpc) is 2.53. The van der Waals surface area contributed by atoms with Gasteiger partial charge in [-0.3, -0.25) is 4.99 Å². The maximum atomic E-state index is 11.0. The highest BCUT2D eigenvalue weighted by atomic mass is 127. The van der Waals surface area contributed by atoms with E-state index >= 15 is 0 Å². The van der Waals surface area contributed by atoms with E-state index in [-0.39, 0.29) is 36.3 Å². The van der Waals surface area contributed by atoms with Crippen molar-refractivity contribution in [2.24, 2.45) is 4.99 Å². The molecule has 0 bridgehead atoms. The highest BCUT2D eigenvalue weighted by Crippen LogP contribution is 2.16. The molecule has 1 aromatic rings. The van der Waals surface area contributed by atoms with Crippen molar-refractivity contribution in [1.29, 1.82) is 0 Å². The molecular formula is C16H27ClIN3O4S. The minimum Gasteiger partial charge on any atom is -0.492 e. The third-order valence-corrected chi connectivity index (χ3v) is 4.34. The van der Waals surface area contributed by atoms with E-state index in [1.807, 2.05) is 24.1 Å². The van der Waals surface area contributed by atoms with Gasteiger partial charge in [0.25, 0.3) is 0 Å². The van der Waals surface area contributed by atoms with Crippen LogP contribution in [0.1, 0.15) is 0 Å². The van der Waals surface area contributed by atoms with Crippen molar-refractivity contribution in [1.82, 2.24) is 10.2 Å². The van der Waals surface area contributed by atoms with Crippen molar-refractivity contribution in [3.63, 3.8) is 0 Å². The number of rotatable bonds is 10. The highest BCUT2D eigenvalue weighted by Gasteiger charge is 2.06. The Morgan fingerprint density at radius 3 is 2.65 bits per heavy atom. The Balaban J connectivity index is 0.00000625. The fourth-order valence-electron chi connectivity index (χ4n) is 1.90. The Labute approximate surface area is 178 Å². The number of hydrogen-bond donors (Lipinski definition) is 1. The van der Waals surface area contributed by atoms with Crippen LogP contribution < -0.4 is 10.1 Å². The average molecular weight is 520 g/mol. The number of benzene rings is 1. The number of guanidine groups is 1. The lowest BCUT2D eigenvalue weighted by molar-refractivity contribution is 0.153. The fraction of sp³-hybridized carbons (Fsp3) is 0.562. The van der Waals surface area contributed by atoms with Gasteiger partial charge in [0.1, 0.15) is 22.2 Å². The molecule has 1 rings (SSSR count). The number of likely N-dealkylation sites (N-methyl/N-ethyl adjacent to an activating group) is 1. The molecule has 0 aromatic heterocycles. The van der Waals surface area contributed by atoms with Gasteiger partial charge in [0.05, 0.1) is 25.5 Å². The number of sulfone groups is 1. The van der Waals surface area contributed by atoms with Crippen LogP contribution in [0.5, 0.6) is 5.75 Å². The van der Waals surface area contributed by atoms with Crippen molar-refractivity contribution < 1.29 is 17.9 Å². The number of nitrogens with zero attached hydrogens (tertiary/aromatic N) is 2. The number of nitrogens with one attached hydrogen (secondary N) is 1. The van der Waals surface area contributed by atoms with E-state index in [0.717, 1.165) is 5.75 Å². The maximum Gasteiger partial charge on any atom is 0.193 e. The second kappa shape index (κ2) is 13.4. The van der Waals surface area contributed by atoms with Crippen molar-refractivity contribution in [2.75, 3.05) is 59.0 Å². The summed E-state index contributed by atoms with van der Waals surface area (Å²) in [4.78, 5) is 6.12. The van der Waals surface area contributed by atoms with Crippen molar-refractivity contribution in [3.05, 3.63) is 29.3 Å². The van der Waals surface area contributed by atoms with Crippen LogP contribution in [0.25, 0.3) is 0 Å². The molecule has 0 fully saturated rings. The molecule has 150 valence electrons. The van der Waals surface area contributed by atoms with Crippen LogP contribution in [0, 0.1) is 0 Å². The van der Waals surface area contributed by atoms with E-state index in [4.69, 9.17) is 21.1 Å². The molecule has 0 saturated carbocycles. The molecule has 0 unspecified atom stereocenters. The number of aliphatic imine (C=N–C) groups is 1. The third-order valence-electron chi connectivity index (χ3n) is 3.19. The number of ether oxygens (including phenoxy) is 2. The van der Waals surface area contributed by atoms with Crippen LogP contribution in [0.15, 0.2) is 29.3 Å². The summed E-state index contributed by atoms with van der Waals surface area (Å²) in [6.07, 6.45) is 1.19. The molecule has 0 heterocycles. The first-order valence-electron chi connectivity index (χ1n) is 7.87. The monoisotopic (exact) mass is 519 g/mol. The first-order chi connectivity index (χ1) is 11.8. The second-order valence-electron chi connectivity index (χ2n) is 5.44. The van der Waals surface area contributed by atoms with Crippen LogP contribution in [-0.4, -0.2) is 78.3 Å². The molecule has 0 aliphatic rings. The Morgan fingerprint density at radius 2 is 2.04 bits per heavy atom. The maximum absolute atomic E-state index is 11.0. The molecule has 10 heteroatoms. The van der Waals surface area contributed by atoms with E-state index in [1.165, 1.54) is 6.26 Å². The lowest BCUT2D eigenvalue weighted by atomic mass is 10.3. The van der Waals surface area contributed by atoms with E-state index < -0.39 is 9.84 Å². The summed E-state index contributed by atoms with van der Waals surface area (Å²) in [7, 11) is 0.618. The smallest absolute Gasteiger partial charge is 0.193 e. The molecule has 0 spiro atoms. The summed E-state index contributed by atoms with van der Waals surface area (Å²) >= 11 is 5.91. The largest absolute Gasteiger partial charge is 0.492 e. The first kappa shape index (κ1) is 25.2. The first-order valence-corrected chi connectivity index (χ1v) is 10.3. The molecule has 7 nitrogen and oxygen atoms in total. The van der Waals surface area contributed by atoms with Gasteiger partial charge in [0, 0.05) is 31.9 Å². The van der Waals surface area contributed by atoms with Gasteiger partial charge in [-0.1, -0.05) is 17.7 Å². The molecule has 0 saturated heterocycles. The minimum atomic E-state index is -2.98. The van der Waals surface area contributed by atoms with Gasteiger partial charge >= 0.3 is 0 Å². The topological polar surface area (TPSA) is 80.2 Å². The molecule has 26 heavy (non-hydrogen) atoms. The zero-order valence-electron chi connectivity index (χ0n) is 15.3. The van der Waals surface area contributed by atoms with E-state index in [2.05, 4.69) is 10.3 Å². The molecule has 0 aliphatic heterocycles. The van der Waals surface area contributed by atoms with Crippen LogP contribution in [-0.2, 0) is 14.6 Å². The van der Waals surface area contributed by atoms with Gasteiger partial charge in [-0.2, -0.15) is 0 Å². The molecule has 1 N–H and O–H groups in total. The predicted molar refractivity (Wildman–Crippen MR) is 117 cm³/mol. The van der Waals surface area contributed by atoms with Gasteiger partial charge in [-0.05, 0) is 18.2 Å². The lowest BCUT2D eigenvalue weighted by Crippen LogP contribution is -2.42. The molecule has 0 radical (unpaired) electrons. The Kier molecular flexibility index (Phi) is 13.0. The summed E-state index contributed by atoms with van der Waals surface area (Å²) in [6.45, 7) is 2.27. The normalized spacial score (nSPS) is 11.6. The SMILES string of the molecule is CN=C(NCCOCCS(C)(=O)=O)N(C)CCOc1cccc(Cl)c1.I. The van der Waals surface area contributed by atoms with Crippen LogP contribution in [0.4, 0.5) is 0 Å².